The highest BCUT2D eigenvalue weighted by Gasteiger charge is 2.35. The third-order valence-corrected chi connectivity index (χ3v) is 4.12. The minimum Gasteiger partial charge on any atom is -0.410 e. The summed E-state index contributed by atoms with van der Waals surface area (Å²) in [5.74, 6) is 0. The number of alkyl halides is 3. The monoisotopic (exact) mass is 432 g/mol. The van der Waals surface area contributed by atoms with Gasteiger partial charge in [0.1, 0.15) is 5.71 Å². The second-order valence-corrected chi connectivity index (χ2v) is 6.57. The van der Waals surface area contributed by atoms with Gasteiger partial charge in [-0.3, -0.25) is 0 Å². The van der Waals surface area contributed by atoms with E-state index in [1.807, 2.05) is 0 Å². The third kappa shape index (κ3) is 6.15. The quantitative estimate of drug-likeness (QED) is 0.248. The molecule has 0 fully saturated rings. The van der Waals surface area contributed by atoms with E-state index >= 15 is 0 Å². The Morgan fingerprint density at radius 1 is 1.11 bits per heavy atom. The van der Waals surface area contributed by atoms with E-state index in [1.165, 1.54) is 6.07 Å². The zero-order chi connectivity index (χ0) is 20.7. The van der Waals surface area contributed by atoms with Crippen LogP contribution in [0.2, 0.25) is 10.0 Å². The van der Waals surface area contributed by atoms with E-state index in [-0.39, 0.29) is 21.3 Å². The molecule has 150 valence electrons. The predicted octanol–water partition coefficient (Wildman–Crippen LogP) is 5.88. The van der Waals surface area contributed by atoms with Gasteiger partial charge in [-0.15, -0.1) is 0 Å². The van der Waals surface area contributed by atoms with Gasteiger partial charge in [0.25, 0.3) is 0 Å². The number of nitrogens with zero attached hydrogens (tertiary/aromatic N) is 1. The Morgan fingerprint density at radius 3 is 2.21 bits per heavy atom. The van der Waals surface area contributed by atoms with Crippen molar-refractivity contribution >= 4 is 40.2 Å². The number of methoxy groups -OCH3 is 1. The number of hydrogen-bond donors (Lipinski definition) is 2. The fourth-order valence-electron chi connectivity index (χ4n) is 2.40. The molecule has 0 saturated heterocycles. The molecule has 0 radical (unpaired) electrons. The number of ether oxygens (including phenoxy) is 1. The molecular weight excluding hydrogens is 416 g/mol. The van der Waals surface area contributed by atoms with Crippen LogP contribution in [0.25, 0.3) is 5.57 Å². The molecule has 0 unspecified atom stereocenters. The Hall–Kier alpha value is -2.22. The fraction of sp³-hybridized carbons (Fsp3) is 0.211. The molecule has 0 heterocycles. The Labute approximate surface area is 170 Å². The topological polar surface area (TPSA) is 53.8 Å². The van der Waals surface area contributed by atoms with Crippen molar-refractivity contribution in [2.24, 2.45) is 5.16 Å². The first-order chi connectivity index (χ1) is 13.2. The van der Waals surface area contributed by atoms with Crippen LogP contribution >= 0.6 is 23.2 Å². The van der Waals surface area contributed by atoms with Gasteiger partial charge in [-0.25, -0.2) is 0 Å². The molecular formula is C19H17Cl2F3N2O2. The summed E-state index contributed by atoms with van der Waals surface area (Å²) in [6.45, 7) is 1.08. The molecule has 0 atom stereocenters. The van der Waals surface area contributed by atoms with Crippen LogP contribution in [-0.2, 0) is 4.74 Å². The summed E-state index contributed by atoms with van der Waals surface area (Å²) in [5, 5.41) is 15.5. The molecule has 0 aliphatic rings. The fourth-order valence-corrected chi connectivity index (χ4v) is 2.93. The van der Waals surface area contributed by atoms with Crippen molar-refractivity contribution in [1.29, 1.82) is 0 Å². The summed E-state index contributed by atoms with van der Waals surface area (Å²) in [5.41, 5.74) is -0.475. The van der Waals surface area contributed by atoms with Gasteiger partial charge in [-0.1, -0.05) is 40.5 Å². The van der Waals surface area contributed by atoms with Gasteiger partial charge in [0.2, 0.25) is 0 Å². The summed E-state index contributed by atoms with van der Waals surface area (Å²) < 4.78 is 45.7. The van der Waals surface area contributed by atoms with Gasteiger partial charge in [-0.2, -0.15) is 13.2 Å². The highest BCUT2D eigenvalue weighted by molar-refractivity contribution is 6.35. The lowest BCUT2D eigenvalue weighted by Crippen LogP contribution is -2.13. The van der Waals surface area contributed by atoms with Crippen molar-refractivity contribution in [3.8, 4) is 0 Å². The van der Waals surface area contributed by atoms with Gasteiger partial charge in [0.05, 0.1) is 12.2 Å². The number of halogens is 5. The second kappa shape index (κ2) is 9.82. The molecule has 2 rings (SSSR count). The van der Waals surface area contributed by atoms with Gasteiger partial charge in [0, 0.05) is 35.0 Å². The first kappa shape index (κ1) is 22.1. The maximum Gasteiger partial charge on any atom is 0.417 e. The van der Waals surface area contributed by atoms with E-state index in [4.69, 9.17) is 27.9 Å². The SMILES string of the molecule is COCCNc1ccc(C(/C=C(/c2cc(Cl)cc(Cl)c2)C(F)(F)F)=N\O)cc1. The lowest BCUT2D eigenvalue weighted by molar-refractivity contribution is -0.0688. The Balaban J connectivity index is 2.38. The van der Waals surface area contributed by atoms with Crippen LogP contribution in [0.3, 0.4) is 0 Å². The van der Waals surface area contributed by atoms with Gasteiger partial charge in [-0.05, 0) is 42.0 Å². The highest BCUT2D eigenvalue weighted by atomic mass is 35.5. The molecule has 2 aromatic rings. The van der Waals surface area contributed by atoms with Crippen molar-refractivity contribution in [1.82, 2.24) is 0 Å². The van der Waals surface area contributed by atoms with Crippen LogP contribution in [-0.4, -0.2) is 37.4 Å². The van der Waals surface area contributed by atoms with Crippen LogP contribution in [0.5, 0.6) is 0 Å². The van der Waals surface area contributed by atoms with Crippen LogP contribution < -0.4 is 5.32 Å². The first-order valence-corrected chi connectivity index (χ1v) is 8.81. The van der Waals surface area contributed by atoms with Gasteiger partial charge in [0.15, 0.2) is 0 Å². The lowest BCUT2D eigenvalue weighted by Gasteiger charge is -2.14. The highest BCUT2D eigenvalue weighted by Crippen LogP contribution is 2.36. The molecule has 0 bridgehead atoms. The van der Waals surface area contributed by atoms with Crippen molar-refractivity contribution in [2.45, 2.75) is 6.18 Å². The molecule has 0 aliphatic heterocycles. The van der Waals surface area contributed by atoms with E-state index in [0.29, 0.717) is 18.7 Å². The smallest absolute Gasteiger partial charge is 0.410 e. The summed E-state index contributed by atoms with van der Waals surface area (Å²) in [6, 6.07) is 10.0. The molecule has 0 aliphatic carbocycles. The average molecular weight is 433 g/mol. The molecule has 2 aromatic carbocycles. The standard InChI is InChI=1S/C19H17Cl2F3N2O2/c1-28-7-6-25-16-4-2-12(3-5-16)18(26-27)11-17(19(22,23)24)13-8-14(20)10-15(21)9-13/h2-5,8-11,25,27H,6-7H2,1H3/b17-11-,26-18-. The predicted molar refractivity (Wildman–Crippen MR) is 106 cm³/mol. The van der Waals surface area contributed by atoms with Crippen molar-refractivity contribution < 1.29 is 23.1 Å². The molecule has 2 N–H and O–H groups in total. The first-order valence-electron chi connectivity index (χ1n) is 8.05. The van der Waals surface area contributed by atoms with Crippen LogP contribution in [0.4, 0.5) is 18.9 Å². The maximum absolute atomic E-state index is 13.6. The third-order valence-electron chi connectivity index (χ3n) is 3.68. The second-order valence-electron chi connectivity index (χ2n) is 5.70. The van der Waals surface area contributed by atoms with Crippen LogP contribution in [0.1, 0.15) is 11.1 Å². The number of oxime groups is 1. The average Bonchev–Trinajstić information content (AvgIpc) is 2.62. The van der Waals surface area contributed by atoms with Gasteiger partial charge >= 0.3 is 6.18 Å². The van der Waals surface area contributed by atoms with E-state index in [1.54, 1.807) is 31.4 Å². The molecule has 9 heteroatoms. The maximum atomic E-state index is 13.6. The number of rotatable bonds is 7. The minimum absolute atomic E-state index is 0.0617. The Bertz CT molecular complexity index is 846. The molecule has 4 nitrogen and oxygen atoms in total. The Kier molecular flexibility index (Phi) is 7.74. The number of benzene rings is 2. The number of allylic oxidation sites excluding steroid dienone is 2. The van der Waals surface area contributed by atoms with E-state index in [2.05, 4.69) is 10.5 Å². The lowest BCUT2D eigenvalue weighted by atomic mass is 10.0. The van der Waals surface area contributed by atoms with Crippen molar-refractivity contribution in [3.63, 3.8) is 0 Å². The van der Waals surface area contributed by atoms with E-state index < -0.39 is 11.7 Å². The molecule has 0 aromatic heterocycles. The summed E-state index contributed by atoms with van der Waals surface area (Å²) in [6.07, 6.45) is -3.97. The summed E-state index contributed by atoms with van der Waals surface area (Å²) in [4.78, 5) is 0. The Morgan fingerprint density at radius 2 is 1.71 bits per heavy atom. The zero-order valence-electron chi connectivity index (χ0n) is 14.7. The zero-order valence-corrected chi connectivity index (χ0v) is 16.2. The summed E-state index contributed by atoms with van der Waals surface area (Å²) in [7, 11) is 1.58. The minimum atomic E-state index is -4.72. The van der Waals surface area contributed by atoms with Crippen molar-refractivity contribution in [3.05, 3.63) is 69.7 Å². The molecule has 28 heavy (non-hydrogen) atoms. The van der Waals surface area contributed by atoms with Crippen molar-refractivity contribution in [2.75, 3.05) is 25.6 Å². The number of anilines is 1. The van der Waals surface area contributed by atoms with E-state index in [9.17, 15) is 18.4 Å². The summed E-state index contributed by atoms with van der Waals surface area (Å²) >= 11 is 11.7. The molecule has 0 amide bonds. The van der Waals surface area contributed by atoms with Crippen LogP contribution in [0, 0.1) is 0 Å². The normalized spacial score (nSPS) is 12.9. The van der Waals surface area contributed by atoms with Gasteiger partial charge < -0.3 is 15.3 Å². The largest absolute Gasteiger partial charge is 0.417 e. The number of nitrogens with one attached hydrogen (secondary N) is 1. The number of hydrogen-bond acceptors (Lipinski definition) is 4. The molecule has 0 spiro atoms. The van der Waals surface area contributed by atoms with Crippen LogP contribution in [0.15, 0.2) is 53.7 Å². The van der Waals surface area contributed by atoms with E-state index in [0.717, 1.165) is 23.9 Å². The molecule has 0 saturated carbocycles.